The number of nitrogens with zero attached hydrogens (tertiary/aromatic N) is 1. The Kier molecular flexibility index (Phi) is 9.96. The normalized spacial score (nSPS) is 15.4. The quantitative estimate of drug-likeness (QED) is 0.177. The van der Waals surface area contributed by atoms with Gasteiger partial charge in [-0.25, -0.2) is 4.79 Å². The molecule has 1 aliphatic rings. The molecule has 0 aromatic heterocycles. The van der Waals surface area contributed by atoms with Crippen LogP contribution in [0.15, 0.2) is 41.3 Å². The molecule has 1 amide bonds. The summed E-state index contributed by atoms with van der Waals surface area (Å²) in [6, 6.07) is 10.4. The number of carbonyl (C=O) groups excluding carboxylic acids is 1. The van der Waals surface area contributed by atoms with Crippen LogP contribution >= 0.6 is 24.0 Å². The van der Waals surface area contributed by atoms with Crippen LogP contribution < -0.4 is 14.4 Å². The zero-order valence-electron chi connectivity index (χ0n) is 21.2. The van der Waals surface area contributed by atoms with Gasteiger partial charge in [-0.05, 0) is 68.2 Å². The third kappa shape index (κ3) is 6.89. The SMILES string of the molecule is CCCCCCC[C@@H](C)Oc1ccc(/C=C2/SC(=S)N(c3ccc(C)c(C(=O)O)c3)C2=O)cc1OC. The molecule has 1 aliphatic heterocycles. The maximum Gasteiger partial charge on any atom is 0.336 e. The van der Waals surface area contributed by atoms with E-state index in [9.17, 15) is 14.7 Å². The summed E-state index contributed by atoms with van der Waals surface area (Å²) in [5, 5.41) is 9.44. The van der Waals surface area contributed by atoms with Crippen LogP contribution in [0.4, 0.5) is 5.69 Å². The topological polar surface area (TPSA) is 76.1 Å². The number of amides is 1. The van der Waals surface area contributed by atoms with Crippen molar-refractivity contribution in [3.05, 3.63) is 58.0 Å². The first kappa shape index (κ1) is 27.7. The Bertz CT molecular complexity index is 1160. The van der Waals surface area contributed by atoms with Gasteiger partial charge in [0.25, 0.3) is 5.91 Å². The van der Waals surface area contributed by atoms with E-state index in [-0.39, 0.29) is 17.6 Å². The van der Waals surface area contributed by atoms with Gasteiger partial charge in [-0.2, -0.15) is 0 Å². The summed E-state index contributed by atoms with van der Waals surface area (Å²) in [5.74, 6) is -0.0671. The van der Waals surface area contributed by atoms with Crippen molar-refractivity contribution < 1.29 is 24.2 Å². The Hall–Kier alpha value is -2.84. The summed E-state index contributed by atoms with van der Waals surface area (Å²) in [7, 11) is 1.60. The van der Waals surface area contributed by atoms with Gasteiger partial charge in [0.15, 0.2) is 15.8 Å². The van der Waals surface area contributed by atoms with Gasteiger partial charge in [-0.3, -0.25) is 9.69 Å². The molecule has 1 atom stereocenters. The number of rotatable bonds is 12. The molecule has 0 unspecified atom stereocenters. The van der Waals surface area contributed by atoms with Gasteiger partial charge in [0.05, 0.1) is 29.4 Å². The fraction of sp³-hybridized carbons (Fsp3) is 0.393. The van der Waals surface area contributed by atoms with E-state index in [4.69, 9.17) is 21.7 Å². The zero-order chi connectivity index (χ0) is 26.2. The van der Waals surface area contributed by atoms with Crippen LogP contribution in [0.1, 0.15) is 73.9 Å². The maximum atomic E-state index is 13.2. The molecule has 1 heterocycles. The summed E-state index contributed by atoms with van der Waals surface area (Å²) in [6.45, 7) is 6.00. The maximum absolute atomic E-state index is 13.2. The van der Waals surface area contributed by atoms with Crippen molar-refractivity contribution in [3.63, 3.8) is 0 Å². The van der Waals surface area contributed by atoms with Crippen molar-refractivity contribution in [2.45, 2.75) is 65.4 Å². The van der Waals surface area contributed by atoms with Crippen LogP contribution in [0.25, 0.3) is 6.08 Å². The minimum Gasteiger partial charge on any atom is -0.493 e. The molecule has 0 bridgehead atoms. The molecule has 2 aromatic rings. The minimum atomic E-state index is -1.05. The second-order valence-corrected chi connectivity index (χ2v) is 10.5. The van der Waals surface area contributed by atoms with E-state index >= 15 is 0 Å². The molecule has 8 heteroatoms. The number of thiocarbonyl (C=S) groups is 1. The third-order valence-corrected chi connectivity index (χ3v) is 7.33. The Morgan fingerprint density at radius 3 is 2.58 bits per heavy atom. The van der Waals surface area contributed by atoms with Crippen LogP contribution in [0.5, 0.6) is 11.5 Å². The summed E-state index contributed by atoms with van der Waals surface area (Å²) >= 11 is 6.63. The number of aromatic carboxylic acids is 1. The Labute approximate surface area is 222 Å². The van der Waals surface area contributed by atoms with Crippen molar-refractivity contribution in [1.29, 1.82) is 0 Å². The highest BCUT2D eigenvalue weighted by molar-refractivity contribution is 8.27. The van der Waals surface area contributed by atoms with E-state index in [2.05, 4.69) is 13.8 Å². The third-order valence-electron chi connectivity index (χ3n) is 6.03. The molecule has 0 spiro atoms. The molecule has 3 rings (SSSR count). The van der Waals surface area contributed by atoms with E-state index in [0.29, 0.717) is 32.0 Å². The zero-order valence-corrected chi connectivity index (χ0v) is 22.8. The molecule has 1 N–H and O–H groups in total. The number of thioether (sulfide) groups is 1. The highest BCUT2D eigenvalue weighted by atomic mass is 32.2. The van der Waals surface area contributed by atoms with E-state index in [1.54, 1.807) is 32.2 Å². The molecule has 1 fully saturated rings. The molecule has 6 nitrogen and oxygen atoms in total. The van der Waals surface area contributed by atoms with Crippen LogP contribution in [-0.4, -0.2) is 34.5 Å². The number of unbranched alkanes of at least 4 members (excludes halogenated alkanes) is 4. The number of anilines is 1. The Morgan fingerprint density at radius 2 is 1.89 bits per heavy atom. The lowest BCUT2D eigenvalue weighted by Crippen LogP contribution is -2.27. The predicted molar refractivity (Wildman–Crippen MR) is 150 cm³/mol. The monoisotopic (exact) mass is 527 g/mol. The van der Waals surface area contributed by atoms with E-state index in [1.165, 1.54) is 48.4 Å². The first-order valence-corrected chi connectivity index (χ1v) is 13.4. The number of benzene rings is 2. The van der Waals surface area contributed by atoms with E-state index in [0.717, 1.165) is 18.4 Å². The van der Waals surface area contributed by atoms with Gasteiger partial charge in [-0.1, -0.05) is 68.7 Å². The summed E-state index contributed by atoms with van der Waals surface area (Å²) < 4.78 is 12.0. The first-order valence-electron chi connectivity index (χ1n) is 12.2. The lowest BCUT2D eigenvalue weighted by Gasteiger charge is -2.17. The van der Waals surface area contributed by atoms with Crippen LogP contribution in [0, 0.1) is 6.92 Å². The number of hydrogen-bond acceptors (Lipinski definition) is 6. The standard InChI is InChI=1S/C28H33NO5S2/c1-5-6-7-8-9-10-19(3)34-23-14-12-20(15-24(23)33-4)16-25-26(30)29(28(35)36-25)21-13-11-18(2)22(17-21)27(31)32/h11-17,19H,5-10H2,1-4H3,(H,31,32)/b25-16+/t19-/m1/s1. The molecule has 0 radical (unpaired) electrons. The van der Waals surface area contributed by atoms with Crippen molar-refractivity contribution in [2.24, 2.45) is 0 Å². The Balaban J connectivity index is 1.73. The molecule has 0 aliphatic carbocycles. The smallest absolute Gasteiger partial charge is 0.336 e. The molecule has 1 saturated heterocycles. The summed E-state index contributed by atoms with van der Waals surface area (Å²) in [5.41, 5.74) is 1.98. The van der Waals surface area contributed by atoms with Gasteiger partial charge in [-0.15, -0.1) is 0 Å². The van der Waals surface area contributed by atoms with Gasteiger partial charge in [0, 0.05) is 0 Å². The van der Waals surface area contributed by atoms with Crippen molar-refractivity contribution in [1.82, 2.24) is 0 Å². The molecule has 0 saturated carbocycles. The van der Waals surface area contributed by atoms with Crippen LogP contribution in [-0.2, 0) is 4.79 Å². The highest BCUT2D eigenvalue weighted by Crippen LogP contribution is 2.38. The minimum absolute atomic E-state index is 0.0767. The van der Waals surface area contributed by atoms with E-state index < -0.39 is 5.97 Å². The second kappa shape index (κ2) is 12.9. The highest BCUT2D eigenvalue weighted by Gasteiger charge is 2.34. The molecular formula is C28H33NO5S2. The fourth-order valence-electron chi connectivity index (χ4n) is 4.00. The molecular weight excluding hydrogens is 494 g/mol. The largest absolute Gasteiger partial charge is 0.493 e. The number of carbonyl (C=O) groups is 2. The van der Waals surface area contributed by atoms with Crippen LogP contribution in [0.2, 0.25) is 0 Å². The lowest BCUT2D eigenvalue weighted by molar-refractivity contribution is -0.113. The number of ether oxygens (including phenoxy) is 2. The van der Waals surface area contributed by atoms with Crippen molar-refractivity contribution in [3.8, 4) is 11.5 Å². The van der Waals surface area contributed by atoms with Crippen molar-refractivity contribution in [2.75, 3.05) is 12.0 Å². The van der Waals surface area contributed by atoms with Gasteiger partial charge in [0.2, 0.25) is 0 Å². The predicted octanol–water partition coefficient (Wildman–Crippen LogP) is 7.24. The number of carboxylic acids is 1. The number of methoxy groups -OCH3 is 1. The van der Waals surface area contributed by atoms with Gasteiger partial charge in [0.1, 0.15) is 0 Å². The van der Waals surface area contributed by atoms with Gasteiger partial charge < -0.3 is 14.6 Å². The summed E-state index contributed by atoms with van der Waals surface area (Å²) in [6.07, 6.45) is 8.95. The number of carboxylic acid groups (broad SMARTS) is 1. The number of hydrogen-bond donors (Lipinski definition) is 1. The average Bonchev–Trinajstić information content (AvgIpc) is 3.12. The average molecular weight is 528 g/mol. The lowest BCUT2D eigenvalue weighted by atomic mass is 10.1. The Morgan fingerprint density at radius 1 is 1.14 bits per heavy atom. The number of aryl methyl sites for hydroxylation is 1. The first-order chi connectivity index (χ1) is 17.2. The molecule has 2 aromatic carbocycles. The van der Waals surface area contributed by atoms with E-state index in [1.807, 2.05) is 18.2 Å². The van der Waals surface area contributed by atoms with Gasteiger partial charge >= 0.3 is 5.97 Å². The van der Waals surface area contributed by atoms with Crippen LogP contribution in [0.3, 0.4) is 0 Å². The summed E-state index contributed by atoms with van der Waals surface area (Å²) in [4.78, 5) is 26.5. The fourth-order valence-corrected chi connectivity index (χ4v) is 5.30. The van der Waals surface area contributed by atoms with Crippen molar-refractivity contribution >= 4 is 51.9 Å². The molecule has 36 heavy (non-hydrogen) atoms. The second-order valence-electron chi connectivity index (χ2n) is 8.86. The molecule has 192 valence electrons.